The van der Waals surface area contributed by atoms with E-state index >= 15 is 0 Å². The van der Waals surface area contributed by atoms with Crippen molar-refractivity contribution in [3.05, 3.63) is 72.3 Å². The van der Waals surface area contributed by atoms with Gasteiger partial charge in [-0.3, -0.25) is 4.79 Å². The highest BCUT2D eigenvalue weighted by atomic mass is 32.2. The van der Waals surface area contributed by atoms with Crippen LogP contribution >= 0.6 is 0 Å². The first-order valence-corrected chi connectivity index (χ1v) is 11.4. The fourth-order valence-corrected chi connectivity index (χ4v) is 4.53. The highest BCUT2D eigenvalue weighted by Crippen LogP contribution is 2.25. The fraction of sp³-hybridized carbons (Fsp3) is 0.182. The molecule has 30 heavy (non-hydrogen) atoms. The lowest BCUT2D eigenvalue weighted by Gasteiger charge is -2.28. The molecular weight excluding hydrogens is 402 g/mol. The first kappa shape index (κ1) is 19.9. The van der Waals surface area contributed by atoms with Crippen LogP contribution in [0.1, 0.15) is 16.8 Å². The lowest BCUT2D eigenvalue weighted by atomic mass is 10.1. The molecule has 1 saturated heterocycles. The molecule has 0 bridgehead atoms. The summed E-state index contributed by atoms with van der Waals surface area (Å²) in [7, 11) is -3.59. The van der Waals surface area contributed by atoms with Crippen molar-refractivity contribution in [2.75, 3.05) is 24.7 Å². The second kappa shape index (κ2) is 7.79. The summed E-state index contributed by atoms with van der Waals surface area (Å²) in [6, 6.07) is 18.9. The quantitative estimate of drug-likeness (QED) is 0.698. The summed E-state index contributed by atoms with van der Waals surface area (Å²) >= 11 is 0. The number of carbonyl (C=O) groups is 2. The Labute approximate surface area is 174 Å². The highest BCUT2D eigenvalue weighted by molar-refractivity contribution is 7.90. The Kier molecular flexibility index (Phi) is 5.17. The summed E-state index contributed by atoms with van der Waals surface area (Å²) in [5, 5.41) is 7.42. The van der Waals surface area contributed by atoms with E-state index in [0.717, 1.165) is 17.0 Å². The van der Waals surface area contributed by atoms with Crippen molar-refractivity contribution in [2.45, 2.75) is 11.3 Å². The second-order valence-electron chi connectivity index (χ2n) is 7.13. The Morgan fingerprint density at radius 1 is 0.867 bits per heavy atom. The van der Waals surface area contributed by atoms with E-state index in [1.165, 1.54) is 22.2 Å². The largest absolute Gasteiger partial charge is 0.340 e. The SMILES string of the molecule is CS(=O)(=O)c1ccccc1C(=O)N1CCCN1C(=O)Nc1cccc2ccccc12. The van der Waals surface area contributed by atoms with Crippen molar-refractivity contribution < 1.29 is 18.0 Å². The van der Waals surface area contributed by atoms with Crippen molar-refractivity contribution in [3.63, 3.8) is 0 Å². The number of amides is 3. The summed E-state index contributed by atoms with van der Waals surface area (Å²) in [4.78, 5) is 26.1. The van der Waals surface area contributed by atoms with Gasteiger partial charge in [0, 0.05) is 24.7 Å². The molecule has 1 aliphatic rings. The van der Waals surface area contributed by atoms with Crippen molar-refractivity contribution >= 4 is 38.2 Å². The van der Waals surface area contributed by atoms with Crippen LogP contribution in [0.2, 0.25) is 0 Å². The van der Waals surface area contributed by atoms with Gasteiger partial charge in [0.1, 0.15) is 0 Å². The average molecular weight is 423 g/mol. The Morgan fingerprint density at radius 3 is 2.33 bits per heavy atom. The van der Waals surface area contributed by atoms with Crippen LogP contribution in [0, 0.1) is 0 Å². The molecule has 1 heterocycles. The highest BCUT2D eigenvalue weighted by Gasteiger charge is 2.33. The Morgan fingerprint density at radius 2 is 1.53 bits per heavy atom. The maximum Gasteiger partial charge on any atom is 0.340 e. The summed E-state index contributed by atoms with van der Waals surface area (Å²) in [6.07, 6.45) is 1.67. The van der Waals surface area contributed by atoms with E-state index in [1.807, 2.05) is 36.4 Å². The molecule has 3 aromatic rings. The predicted octanol–water partition coefficient (Wildman–Crippen LogP) is 3.54. The number of sulfone groups is 1. The van der Waals surface area contributed by atoms with Crippen LogP contribution in [0.4, 0.5) is 10.5 Å². The van der Waals surface area contributed by atoms with Crippen molar-refractivity contribution in [2.24, 2.45) is 0 Å². The molecule has 0 spiro atoms. The van der Waals surface area contributed by atoms with E-state index in [0.29, 0.717) is 25.2 Å². The molecule has 3 aromatic carbocycles. The molecule has 0 aromatic heterocycles. The maximum absolute atomic E-state index is 13.1. The number of hydrogen-bond donors (Lipinski definition) is 1. The molecule has 0 unspecified atom stereocenters. The Bertz CT molecular complexity index is 1230. The molecule has 8 heteroatoms. The molecule has 0 saturated carbocycles. The van der Waals surface area contributed by atoms with Gasteiger partial charge in [-0.1, -0.05) is 48.5 Å². The second-order valence-corrected chi connectivity index (χ2v) is 9.11. The number of urea groups is 1. The van der Waals surface area contributed by atoms with Gasteiger partial charge in [0.25, 0.3) is 5.91 Å². The molecular formula is C22H21N3O4S. The van der Waals surface area contributed by atoms with E-state index in [4.69, 9.17) is 0 Å². The molecule has 0 aliphatic carbocycles. The fourth-order valence-electron chi connectivity index (χ4n) is 3.65. The molecule has 154 valence electrons. The number of hydrogen-bond acceptors (Lipinski definition) is 4. The standard InChI is InChI=1S/C22H21N3O4S/c1-30(28,29)20-13-5-4-11-18(20)21(26)24-14-7-15-25(24)22(27)23-19-12-6-9-16-8-2-3-10-17(16)19/h2-6,8-13H,7,14-15H2,1H3,(H,23,27). The lowest BCUT2D eigenvalue weighted by molar-refractivity contribution is 0.0401. The number of benzene rings is 3. The van der Waals surface area contributed by atoms with Gasteiger partial charge in [0.05, 0.1) is 16.1 Å². The van der Waals surface area contributed by atoms with Gasteiger partial charge < -0.3 is 5.32 Å². The summed E-state index contributed by atoms with van der Waals surface area (Å²) in [5.41, 5.74) is 0.707. The van der Waals surface area contributed by atoms with Gasteiger partial charge in [-0.05, 0) is 30.0 Å². The molecule has 0 atom stereocenters. The maximum atomic E-state index is 13.1. The van der Waals surface area contributed by atoms with Gasteiger partial charge in [-0.2, -0.15) is 0 Å². The smallest absolute Gasteiger partial charge is 0.306 e. The average Bonchev–Trinajstić information content (AvgIpc) is 3.23. The molecule has 1 N–H and O–H groups in total. The van der Waals surface area contributed by atoms with Gasteiger partial charge >= 0.3 is 6.03 Å². The van der Waals surface area contributed by atoms with Gasteiger partial charge in [0.15, 0.2) is 9.84 Å². The van der Waals surface area contributed by atoms with Crippen LogP contribution in [0.3, 0.4) is 0 Å². The number of anilines is 1. The van der Waals surface area contributed by atoms with Crippen LogP contribution < -0.4 is 5.32 Å². The monoisotopic (exact) mass is 423 g/mol. The Hall–Kier alpha value is -3.39. The summed E-state index contributed by atoms with van der Waals surface area (Å²) < 4.78 is 24.2. The zero-order valence-electron chi connectivity index (χ0n) is 16.4. The molecule has 4 rings (SSSR count). The van der Waals surface area contributed by atoms with Crippen molar-refractivity contribution in [3.8, 4) is 0 Å². The molecule has 7 nitrogen and oxygen atoms in total. The predicted molar refractivity (Wildman–Crippen MR) is 115 cm³/mol. The third-order valence-electron chi connectivity index (χ3n) is 5.05. The number of nitrogens with zero attached hydrogens (tertiary/aromatic N) is 2. The zero-order valence-corrected chi connectivity index (χ0v) is 17.2. The number of rotatable bonds is 3. The molecule has 0 radical (unpaired) electrons. The summed E-state index contributed by atoms with van der Waals surface area (Å²) in [6.45, 7) is 0.698. The van der Waals surface area contributed by atoms with E-state index in [-0.39, 0.29) is 10.5 Å². The first-order valence-electron chi connectivity index (χ1n) is 9.53. The third kappa shape index (κ3) is 3.73. The van der Waals surface area contributed by atoms with Crippen LogP contribution in [0.5, 0.6) is 0 Å². The van der Waals surface area contributed by atoms with E-state index in [2.05, 4.69) is 5.32 Å². The molecule has 3 amide bonds. The minimum Gasteiger partial charge on any atom is -0.306 e. The van der Waals surface area contributed by atoms with Gasteiger partial charge in [0.2, 0.25) is 0 Å². The third-order valence-corrected chi connectivity index (χ3v) is 6.20. The van der Waals surface area contributed by atoms with E-state index in [1.54, 1.807) is 18.2 Å². The van der Waals surface area contributed by atoms with Gasteiger partial charge in [-0.25, -0.2) is 23.2 Å². The van der Waals surface area contributed by atoms with Crippen LogP contribution in [-0.2, 0) is 9.84 Å². The molecule has 1 aliphatic heterocycles. The number of carbonyl (C=O) groups excluding carboxylic acids is 2. The van der Waals surface area contributed by atoms with Crippen LogP contribution in [0.25, 0.3) is 10.8 Å². The van der Waals surface area contributed by atoms with Crippen molar-refractivity contribution in [1.29, 1.82) is 0 Å². The van der Waals surface area contributed by atoms with Crippen molar-refractivity contribution in [1.82, 2.24) is 10.0 Å². The van der Waals surface area contributed by atoms with E-state index < -0.39 is 21.8 Å². The zero-order chi connectivity index (χ0) is 21.3. The first-order chi connectivity index (χ1) is 14.4. The topological polar surface area (TPSA) is 86.8 Å². The Balaban J connectivity index is 1.61. The minimum absolute atomic E-state index is 0.0451. The number of hydrazine groups is 1. The summed E-state index contributed by atoms with van der Waals surface area (Å²) in [5.74, 6) is -0.512. The molecule has 1 fully saturated rings. The van der Waals surface area contributed by atoms with Crippen LogP contribution in [0.15, 0.2) is 71.6 Å². The van der Waals surface area contributed by atoms with Crippen LogP contribution in [-0.4, -0.2) is 49.7 Å². The number of nitrogens with one attached hydrogen (secondary N) is 1. The lowest BCUT2D eigenvalue weighted by Crippen LogP contribution is -2.47. The normalized spacial score (nSPS) is 14.2. The van der Waals surface area contributed by atoms with Gasteiger partial charge in [-0.15, -0.1) is 0 Å². The minimum atomic E-state index is -3.59. The van der Waals surface area contributed by atoms with E-state index in [9.17, 15) is 18.0 Å². The number of fused-ring (bicyclic) bond motifs is 1.